The van der Waals surface area contributed by atoms with E-state index in [1.54, 1.807) is 13.8 Å². The van der Waals surface area contributed by atoms with E-state index in [0.717, 1.165) is 69.3 Å². The van der Waals surface area contributed by atoms with Gasteiger partial charge < -0.3 is 14.4 Å². The average Bonchev–Trinajstić information content (AvgIpc) is 4.03. The molecule has 0 aliphatic carbocycles. The highest BCUT2D eigenvalue weighted by molar-refractivity contribution is 5.98. The average molecular weight is 795 g/mol. The lowest BCUT2D eigenvalue weighted by molar-refractivity contribution is 0.393. The second kappa shape index (κ2) is 26.2. The molecule has 4 aromatic rings. The van der Waals surface area contributed by atoms with Crippen LogP contribution in [0.3, 0.4) is 0 Å². The monoisotopic (exact) mass is 794 g/mol. The van der Waals surface area contributed by atoms with Crippen LogP contribution in [0.15, 0.2) is 55.8 Å². The molecule has 0 spiro atoms. The number of anilines is 1. The van der Waals surface area contributed by atoms with Crippen LogP contribution in [0.1, 0.15) is 60.7 Å². The summed E-state index contributed by atoms with van der Waals surface area (Å²) in [5.74, 6) is 57.3. The fourth-order valence-electron chi connectivity index (χ4n) is 5.13. The molecule has 1 fully saturated rings. The van der Waals surface area contributed by atoms with Crippen LogP contribution >= 0.6 is 0 Å². The van der Waals surface area contributed by atoms with Gasteiger partial charge in [0.15, 0.2) is 0 Å². The zero-order chi connectivity index (χ0) is 43.2. The van der Waals surface area contributed by atoms with E-state index >= 15 is 0 Å². The summed E-state index contributed by atoms with van der Waals surface area (Å²) in [5, 5.41) is 22.8. The van der Waals surface area contributed by atoms with Crippen molar-refractivity contribution in [2.45, 2.75) is 47.5 Å². The van der Waals surface area contributed by atoms with Crippen LogP contribution in [-0.2, 0) is 0 Å². The number of hydrogen-bond donors (Lipinski definition) is 2. The minimum atomic E-state index is 0. The van der Waals surface area contributed by atoms with Crippen LogP contribution in [-0.4, -0.2) is 28.2 Å². The number of nitroso groups, excluding NO2 is 1. The highest BCUT2D eigenvalue weighted by Gasteiger charge is 2.21. The number of nitriles is 1. The molecule has 5 rings (SSSR count). The summed E-state index contributed by atoms with van der Waals surface area (Å²) in [6, 6.07) is 12.3. The number of aryl methyl sites for hydroxylation is 3. The summed E-state index contributed by atoms with van der Waals surface area (Å²) >= 11 is 0. The number of aromatic nitrogens is 3. The molecule has 60 heavy (non-hydrogen) atoms. The predicted octanol–water partition coefficient (Wildman–Crippen LogP) is 9.38. The van der Waals surface area contributed by atoms with Gasteiger partial charge in [-0.1, -0.05) is 23.1 Å². The fourth-order valence-corrected chi connectivity index (χ4v) is 5.13. The van der Waals surface area contributed by atoms with Gasteiger partial charge in [-0.25, -0.2) is 4.98 Å². The molecule has 0 atom stereocenters. The van der Waals surface area contributed by atoms with Gasteiger partial charge in [0, 0.05) is 64.5 Å². The Bertz CT molecular complexity index is 2990. The summed E-state index contributed by atoms with van der Waals surface area (Å²) < 4.78 is 5.43. The summed E-state index contributed by atoms with van der Waals surface area (Å²) in [7, 11) is 0. The van der Waals surface area contributed by atoms with Crippen LogP contribution < -0.4 is 4.90 Å². The Morgan fingerprint density at radius 3 is 1.67 bits per heavy atom. The molecule has 0 bridgehead atoms. The van der Waals surface area contributed by atoms with Crippen molar-refractivity contribution in [2.24, 2.45) is 21.0 Å². The van der Waals surface area contributed by atoms with Crippen molar-refractivity contribution >= 4 is 17.0 Å². The van der Waals surface area contributed by atoms with Crippen molar-refractivity contribution in [3.05, 3.63) is 57.8 Å². The number of H-pyrrole nitrogens is 1. The molecule has 0 unspecified atom stereocenters. The minimum Gasteiger partial charge on any atom is -0.361 e. The maximum atomic E-state index is 9.44. The Morgan fingerprint density at radius 1 is 0.733 bits per heavy atom. The lowest BCUT2D eigenvalue weighted by Gasteiger charge is -2.12. The van der Waals surface area contributed by atoms with E-state index in [9.17, 15) is 5.26 Å². The van der Waals surface area contributed by atoms with Crippen molar-refractivity contribution in [2.75, 3.05) is 18.0 Å². The van der Waals surface area contributed by atoms with Crippen molar-refractivity contribution in [1.29, 1.82) is 10.8 Å². The highest BCUT2D eigenvalue weighted by Crippen LogP contribution is 2.38. The number of aromatic amines is 1. The highest BCUT2D eigenvalue weighted by atomic mass is 16.5. The molecule has 1 saturated heterocycles. The molecule has 12 heteroatoms. The predicted molar refractivity (Wildman–Crippen MR) is 247 cm³/mol. The van der Waals surface area contributed by atoms with Crippen molar-refractivity contribution in [3.63, 3.8) is 0 Å². The van der Waals surface area contributed by atoms with Crippen LogP contribution in [0, 0.1) is 173 Å². The summed E-state index contributed by atoms with van der Waals surface area (Å²) in [5.41, 5.74) is 14.5. The van der Waals surface area contributed by atoms with Gasteiger partial charge in [0.1, 0.15) is 11.0 Å². The van der Waals surface area contributed by atoms with Gasteiger partial charge in [-0.2, -0.15) is 10.8 Å². The molecule has 1 aliphatic heterocycles. The molecular formula is C48H46N10O2. The molecule has 2 N–H and O–H groups in total. The van der Waals surface area contributed by atoms with E-state index in [-0.39, 0.29) is 11.4 Å². The number of hydrogen-bond acceptors (Lipinski definition) is 7. The van der Waals surface area contributed by atoms with E-state index in [2.05, 4.69) is 186 Å². The van der Waals surface area contributed by atoms with Crippen molar-refractivity contribution in [3.8, 4) is 159 Å². The molecule has 3 heterocycles. The zero-order valence-electron chi connectivity index (χ0n) is 33.1. The van der Waals surface area contributed by atoms with E-state index in [1.807, 2.05) is 37.3 Å². The first-order chi connectivity index (χ1) is 29.4. The standard InChI is InChI=1S/C24H23N5O.C24H6.HN5O.8H2/c1-14-6-7-17(13-25)10-19(14)20-11-18(22-15(2)28-30-16(22)3)12-21-23(20)27-24(26-21)29-8-4-5-9-29;1-3-5-7-9-11-13-15-17-19-21-23-24-22-20-18-16-14-12-10-8-6-4-2;1-2-3-4-5-6;;;;;;;;/h6-7,10-12H,4-5,8-9H2,1-3H3,(H,26,27);1-2H3;1H;8*1H/b;;2-1?,4-3+;;;;;;;;. The number of nitrogens with one attached hydrogen (secondary N) is 2. The van der Waals surface area contributed by atoms with Gasteiger partial charge in [0.05, 0.1) is 28.4 Å². The van der Waals surface area contributed by atoms with E-state index in [1.165, 1.54) is 12.8 Å². The smallest absolute Gasteiger partial charge is 0.203 e. The van der Waals surface area contributed by atoms with Gasteiger partial charge in [0.2, 0.25) is 5.95 Å². The molecule has 0 amide bonds. The van der Waals surface area contributed by atoms with Gasteiger partial charge in [-0.15, -0.1) is 4.91 Å². The van der Waals surface area contributed by atoms with Crippen LogP contribution in [0.4, 0.5) is 5.95 Å². The maximum Gasteiger partial charge on any atom is 0.203 e. The minimum absolute atomic E-state index is 0. The topological polar surface area (TPSA) is 172 Å². The number of fused-ring (bicyclic) bond motifs is 1. The quantitative estimate of drug-likeness (QED) is 0.0882. The van der Waals surface area contributed by atoms with Crippen LogP contribution in [0.2, 0.25) is 0 Å². The molecule has 2 aromatic carbocycles. The Hall–Kier alpha value is -9.63. The molecule has 12 nitrogen and oxygen atoms in total. The van der Waals surface area contributed by atoms with Gasteiger partial charge in [-0.05, 0) is 194 Å². The van der Waals surface area contributed by atoms with Gasteiger partial charge >= 0.3 is 0 Å². The van der Waals surface area contributed by atoms with Gasteiger partial charge in [0.25, 0.3) is 0 Å². The number of imidazole rings is 1. The van der Waals surface area contributed by atoms with E-state index in [4.69, 9.17) is 19.9 Å². The van der Waals surface area contributed by atoms with Crippen molar-refractivity contribution < 1.29 is 15.9 Å². The maximum absolute atomic E-state index is 9.44. The normalized spacial score (nSPS) is 9.37. The second-order valence-electron chi connectivity index (χ2n) is 11.4. The molecule has 300 valence electrons. The molecule has 1 aliphatic rings. The summed E-state index contributed by atoms with van der Waals surface area (Å²) in [4.78, 5) is 19.7. The number of rotatable bonds is 5. The lowest BCUT2D eigenvalue weighted by atomic mass is 9.93. The molecule has 0 radical (unpaired) electrons. The first-order valence-corrected chi connectivity index (χ1v) is 17.5. The Morgan fingerprint density at radius 2 is 1.25 bits per heavy atom. The van der Waals surface area contributed by atoms with Crippen LogP contribution in [0.25, 0.3) is 33.3 Å². The number of nitrogens with zero attached hydrogens (tertiary/aromatic N) is 8. The Kier molecular flexibility index (Phi) is 19.6. The Labute approximate surface area is 361 Å². The fraction of sp³-hybridized carbons (Fsp3) is 0.188. The largest absolute Gasteiger partial charge is 0.361 e. The van der Waals surface area contributed by atoms with Crippen LogP contribution in [0.5, 0.6) is 0 Å². The third-order valence-electron chi connectivity index (χ3n) is 7.52. The first-order valence-electron chi connectivity index (χ1n) is 17.5. The Balaban J connectivity index is -0.000000232. The molecule has 0 saturated carbocycles. The van der Waals surface area contributed by atoms with E-state index < -0.39 is 0 Å². The molecular weight excluding hydrogens is 749 g/mol. The summed E-state index contributed by atoms with van der Waals surface area (Å²) in [6.07, 6.45) is 2.38. The molecule has 2 aromatic heterocycles. The third-order valence-corrected chi connectivity index (χ3v) is 7.52. The summed E-state index contributed by atoms with van der Waals surface area (Å²) in [6.45, 7) is 11.4. The van der Waals surface area contributed by atoms with E-state index in [0.29, 0.717) is 5.56 Å². The second-order valence-corrected chi connectivity index (χ2v) is 11.4. The lowest BCUT2D eigenvalue weighted by Crippen LogP contribution is -2.18. The number of benzene rings is 2. The first kappa shape index (κ1) is 44.8. The van der Waals surface area contributed by atoms with Gasteiger partial charge in [-0.3, -0.25) is 0 Å². The zero-order valence-corrected chi connectivity index (χ0v) is 33.1. The SMILES string of the molecule is CC#CC#CC#CC#CC#CC#CC#CC#CC#CC#CC#CC.Cc1ccc(C#N)cc1-c1cc(-c2c(C)noc2C)cc2[nH]c(N3CCCC3)nc12.N=N/N=N/N=O.[HH].[HH].[HH].[HH].[HH].[HH].[HH].[HH]. The third kappa shape index (κ3) is 14.9. The van der Waals surface area contributed by atoms with Crippen molar-refractivity contribution in [1.82, 2.24) is 15.1 Å².